The van der Waals surface area contributed by atoms with Gasteiger partial charge in [0, 0.05) is 0 Å². The molecular weight excluding hydrogens is 232 g/mol. The van der Waals surface area contributed by atoms with E-state index in [9.17, 15) is 9.59 Å². The molecule has 18 heavy (non-hydrogen) atoms. The van der Waals surface area contributed by atoms with Gasteiger partial charge in [-0.15, -0.1) is 6.42 Å². The summed E-state index contributed by atoms with van der Waals surface area (Å²) in [4.78, 5) is 22.7. The zero-order chi connectivity index (χ0) is 13.5. The van der Waals surface area contributed by atoms with Crippen LogP contribution >= 0.6 is 0 Å². The van der Waals surface area contributed by atoms with Gasteiger partial charge < -0.3 is 9.84 Å². The smallest absolute Gasteiger partial charge is 0.340 e. The first-order valence-electron chi connectivity index (χ1n) is 5.22. The highest BCUT2D eigenvalue weighted by Gasteiger charge is 2.18. The number of carboxylic acid groups (broad SMARTS) is 1. The van der Waals surface area contributed by atoms with Gasteiger partial charge in [-0.2, -0.15) is 0 Å². The van der Waals surface area contributed by atoms with Crippen LogP contribution in [0, 0.1) is 12.3 Å². The molecule has 1 aromatic rings. The van der Waals surface area contributed by atoms with Crippen LogP contribution in [0.2, 0.25) is 0 Å². The predicted octanol–water partition coefficient (Wildman–Crippen LogP) is 2.12. The molecule has 0 aliphatic heterocycles. The zero-order valence-corrected chi connectivity index (χ0v) is 9.79. The first kappa shape index (κ1) is 13.5. The zero-order valence-electron chi connectivity index (χ0n) is 9.79. The molecule has 0 radical (unpaired) electrons. The number of terminal acetylenes is 1. The van der Waals surface area contributed by atoms with E-state index in [1.54, 1.807) is 19.1 Å². The Morgan fingerprint density at radius 1 is 1.39 bits per heavy atom. The second-order valence-corrected chi connectivity index (χ2v) is 3.37. The molecule has 0 fully saturated rings. The normalized spacial score (nSPS) is 11.8. The molecule has 1 N–H and O–H groups in total. The second kappa shape index (κ2) is 6.26. The van der Waals surface area contributed by atoms with Gasteiger partial charge in [0.1, 0.15) is 0 Å². The monoisotopic (exact) mass is 244 g/mol. The third-order valence-electron chi connectivity index (χ3n) is 2.14. The number of hydrogen-bond acceptors (Lipinski definition) is 3. The minimum atomic E-state index is -1.19. The first-order valence-corrected chi connectivity index (χ1v) is 5.22. The van der Waals surface area contributed by atoms with E-state index >= 15 is 0 Å². The van der Waals surface area contributed by atoms with Crippen LogP contribution < -0.4 is 0 Å². The lowest BCUT2D eigenvalue weighted by Crippen LogP contribution is -2.17. The lowest BCUT2D eigenvalue weighted by molar-refractivity contribution is 0.0465. The summed E-state index contributed by atoms with van der Waals surface area (Å²) >= 11 is 0. The van der Waals surface area contributed by atoms with Crippen molar-refractivity contribution in [3.8, 4) is 12.3 Å². The van der Waals surface area contributed by atoms with Crippen molar-refractivity contribution < 1.29 is 19.4 Å². The first-order chi connectivity index (χ1) is 8.60. The van der Waals surface area contributed by atoms with Gasteiger partial charge in [-0.25, -0.2) is 9.59 Å². The van der Waals surface area contributed by atoms with E-state index in [1.807, 2.05) is 0 Å². The van der Waals surface area contributed by atoms with E-state index in [2.05, 4.69) is 5.92 Å². The molecule has 1 rings (SSSR count). The molecule has 0 amide bonds. The Morgan fingerprint density at radius 3 is 2.50 bits per heavy atom. The fourth-order valence-corrected chi connectivity index (χ4v) is 1.33. The molecular formula is C14H12O4. The number of carbonyl (C=O) groups is 2. The molecule has 0 heterocycles. The van der Waals surface area contributed by atoms with Crippen molar-refractivity contribution in [1.29, 1.82) is 0 Å². The Bertz CT molecular complexity index is 523. The Kier molecular flexibility index (Phi) is 4.70. The summed E-state index contributed by atoms with van der Waals surface area (Å²) in [5, 5.41) is 8.95. The maximum atomic E-state index is 11.8. The summed E-state index contributed by atoms with van der Waals surface area (Å²) in [6, 6.07) is 5.81. The summed E-state index contributed by atoms with van der Waals surface area (Å²) in [5.74, 6) is 0.330. The lowest BCUT2D eigenvalue weighted by Gasteiger charge is -2.09. The molecule has 0 aliphatic carbocycles. The number of ether oxygens (including phenoxy) is 1. The number of aromatic carboxylic acids is 1. The minimum absolute atomic E-state index is 0.0187. The molecule has 0 bridgehead atoms. The molecule has 1 atom stereocenters. The Morgan fingerprint density at radius 2 is 2.00 bits per heavy atom. The van der Waals surface area contributed by atoms with E-state index in [-0.39, 0.29) is 11.1 Å². The number of hydrogen-bond donors (Lipinski definition) is 1. The highest BCUT2D eigenvalue weighted by Crippen LogP contribution is 2.11. The fraction of sp³-hybridized carbons (Fsp3) is 0.143. The number of carbonyl (C=O) groups excluding carboxylic acids is 1. The average molecular weight is 244 g/mol. The van der Waals surface area contributed by atoms with Gasteiger partial charge in [0.15, 0.2) is 6.10 Å². The summed E-state index contributed by atoms with van der Waals surface area (Å²) in [5.41, 5.74) is -0.131. The summed E-state index contributed by atoms with van der Waals surface area (Å²) in [6.07, 6.45) is 7.57. The number of rotatable bonds is 4. The van der Waals surface area contributed by atoms with Crippen LogP contribution in [0.3, 0.4) is 0 Å². The van der Waals surface area contributed by atoms with Crippen LogP contribution in [-0.4, -0.2) is 23.1 Å². The van der Waals surface area contributed by atoms with Crippen molar-refractivity contribution in [2.45, 2.75) is 13.0 Å². The molecule has 0 aliphatic rings. The van der Waals surface area contributed by atoms with Gasteiger partial charge >= 0.3 is 11.9 Å². The standard InChI is InChI=1S/C14H12O4/c1-3-7-10(4-2)18-14(17)12-9-6-5-8-11(12)13(15)16/h2-3,5-10H,1H3,(H,15,16)/b7-3+. The van der Waals surface area contributed by atoms with Crippen molar-refractivity contribution >= 4 is 11.9 Å². The fourth-order valence-electron chi connectivity index (χ4n) is 1.33. The topological polar surface area (TPSA) is 63.6 Å². The third kappa shape index (κ3) is 3.22. The maximum absolute atomic E-state index is 11.8. The molecule has 0 saturated heterocycles. The lowest BCUT2D eigenvalue weighted by atomic mass is 10.1. The van der Waals surface area contributed by atoms with Crippen LogP contribution in [0.1, 0.15) is 27.6 Å². The number of carboxylic acids is 1. The van der Waals surface area contributed by atoms with Crippen molar-refractivity contribution in [3.05, 3.63) is 47.5 Å². The Hall–Kier alpha value is -2.54. The molecule has 1 unspecified atom stereocenters. The molecule has 1 aromatic carbocycles. The SMILES string of the molecule is C#CC(/C=C/C)OC(=O)c1ccccc1C(=O)O. The average Bonchev–Trinajstić information content (AvgIpc) is 2.38. The van der Waals surface area contributed by atoms with E-state index in [0.29, 0.717) is 0 Å². The number of esters is 1. The van der Waals surface area contributed by atoms with Crippen molar-refractivity contribution in [3.63, 3.8) is 0 Å². The third-order valence-corrected chi connectivity index (χ3v) is 2.14. The van der Waals surface area contributed by atoms with Crippen molar-refractivity contribution in [1.82, 2.24) is 0 Å². The largest absolute Gasteiger partial charge is 0.478 e. The molecule has 0 spiro atoms. The summed E-state index contributed by atoms with van der Waals surface area (Å²) in [6.45, 7) is 1.74. The predicted molar refractivity (Wildman–Crippen MR) is 66.3 cm³/mol. The van der Waals surface area contributed by atoms with Gasteiger partial charge in [-0.3, -0.25) is 0 Å². The molecule has 4 nitrogen and oxygen atoms in total. The molecule has 92 valence electrons. The van der Waals surface area contributed by atoms with Gasteiger partial charge in [0.05, 0.1) is 11.1 Å². The van der Waals surface area contributed by atoms with E-state index in [0.717, 1.165) is 0 Å². The van der Waals surface area contributed by atoms with Crippen LogP contribution in [0.15, 0.2) is 36.4 Å². The Balaban J connectivity index is 2.98. The molecule has 0 aromatic heterocycles. The highest BCUT2D eigenvalue weighted by atomic mass is 16.5. The van der Waals surface area contributed by atoms with Crippen LogP contribution in [-0.2, 0) is 4.74 Å². The maximum Gasteiger partial charge on any atom is 0.340 e. The summed E-state index contributed by atoms with van der Waals surface area (Å²) < 4.78 is 4.99. The number of benzene rings is 1. The van der Waals surface area contributed by atoms with Gasteiger partial charge in [0.2, 0.25) is 0 Å². The van der Waals surface area contributed by atoms with Crippen LogP contribution in [0.25, 0.3) is 0 Å². The van der Waals surface area contributed by atoms with Crippen molar-refractivity contribution in [2.75, 3.05) is 0 Å². The van der Waals surface area contributed by atoms with Gasteiger partial charge in [-0.1, -0.05) is 24.1 Å². The second-order valence-electron chi connectivity index (χ2n) is 3.37. The van der Waals surface area contributed by atoms with E-state index in [4.69, 9.17) is 16.3 Å². The summed E-state index contributed by atoms with van der Waals surface area (Å²) in [7, 11) is 0. The van der Waals surface area contributed by atoms with E-state index in [1.165, 1.54) is 24.3 Å². The highest BCUT2D eigenvalue weighted by molar-refractivity contribution is 6.02. The van der Waals surface area contributed by atoms with Crippen LogP contribution in [0.4, 0.5) is 0 Å². The van der Waals surface area contributed by atoms with Gasteiger partial charge in [-0.05, 0) is 25.1 Å². The van der Waals surface area contributed by atoms with Gasteiger partial charge in [0.25, 0.3) is 0 Å². The Labute approximate surface area is 105 Å². The van der Waals surface area contributed by atoms with E-state index < -0.39 is 18.0 Å². The molecule has 4 heteroatoms. The quantitative estimate of drug-likeness (QED) is 0.500. The minimum Gasteiger partial charge on any atom is -0.478 e. The number of allylic oxidation sites excluding steroid dienone is 1. The van der Waals surface area contributed by atoms with Crippen LogP contribution in [0.5, 0.6) is 0 Å². The molecule has 0 saturated carbocycles. The van der Waals surface area contributed by atoms with Crippen molar-refractivity contribution in [2.24, 2.45) is 0 Å².